The second-order valence-corrected chi connectivity index (χ2v) is 4.79. The van der Waals surface area contributed by atoms with Crippen LogP contribution in [0.5, 0.6) is 0 Å². The van der Waals surface area contributed by atoms with Gasteiger partial charge in [-0.2, -0.15) is 11.8 Å². The Kier molecular flexibility index (Phi) is 4.94. The zero-order valence-electron chi connectivity index (χ0n) is 8.86. The Labute approximate surface area is 93.8 Å². The first kappa shape index (κ1) is 12.4. The first-order chi connectivity index (χ1) is 7.15. The minimum absolute atomic E-state index is 0.0566. The molecule has 0 radical (unpaired) electrons. The summed E-state index contributed by atoms with van der Waals surface area (Å²) in [6.07, 6.45) is 5.31. The molecule has 4 nitrogen and oxygen atoms in total. The predicted octanol–water partition coefficient (Wildman–Crippen LogP) is 1.11. The van der Waals surface area contributed by atoms with Crippen LogP contribution in [-0.4, -0.2) is 35.0 Å². The van der Waals surface area contributed by atoms with Gasteiger partial charge in [-0.05, 0) is 31.3 Å². The summed E-state index contributed by atoms with van der Waals surface area (Å²) < 4.78 is 0. The second kappa shape index (κ2) is 6.00. The van der Waals surface area contributed by atoms with Gasteiger partial charge in [0, 0.05) is 5.92 Å². The van der Waals surface area contributed by atoms with Gasteiger partial charge in [-0.15, -0.1) is 0 Å². The van der Waals surface area contributed by atoms with Gasteiger partial charge in [-0.25, -0.2) is 4.79 Å². The van der Waals surface area contributed by atoms with Gasteiger partial charge in [-0.1, -0.05) is 6.42 Å². The number of carboxylic acid groups (broad SMARTS) is 1. The average Bonchev–Trinajstić information content (AvgIpc) is 2.08. The number of amides is 1. The molecule has 5 heteroatoms. The largest absolute Gasteiger partial charge is 0.480 e. The van der Waals surface area contributed by atoms with Gasteiger partial charge in [0.1, 0.15) is 6.04 Å². The van der Waals surface area contributed by atoms with Gasteiger partial charge in [0.2, 0.25) is 5.91 Å². The van der Waals surface area contributed by atoms with Gasteiger partial charge in [0.25, 0.3) is 0 Å². The van der Waals surface area contributed by atoms with E-state index in [0.717, 1.165) is 25.0 Å². The van der Waals surface area contributed by atoms with Crippen molar-refractivity contribution in [3.05, 3.63) is 0 Å². The Morgan fingerprint density at radius 2 is 2.20 bits per heavy atom. The quantitative estimate of drug-likeness (QED) is 0.718. The molecule has 1 saturated carbocycles. The molecule has 86 valence electrons. The average molecular weight is 231 g/mol. The number of carbonyl (C=O) groups excluding carboxylic acids is 1. The Hall–Kier alpha value is -0.710. The Morgan fingerprint density at radius 3 is 2.60 bits per heavy atom. The van der Waals surface area contributed by atoms with Crippen molar-refractivity contribution in [1.29, 1.82) is 0 Å². The molecule has 2 N–H and O–H groups in total. The molecule has 0 aromatic rings. The Bertz CT molecular complexity index is 241. The van der Waals surface area contributed by atoms with Crippen molar-refractivity contribution in [1.82, 2.24) is 5.32 Å². The number of aliphatic carboxylic acids is 1. The van der Waals surface area contributed by atoms with Gasteiger partial charge in [0.15, 0.2) is 0 Å². The molecule has 0 spiro atoms. The molecule has 1 fully saturated rings. The van der Waals surface area contributed by atoms with Crippen LogP contribution in [-0.2, 0) is 9.59 Å². The maximum absolute atomic E-state index is 11.5. The molecule has 0 saturated heterocycles. The number of carbonyl (C=O) groups is 2. The van der Waals surface area contributed by atoms with Crippen LogP contribution in [0.2, 0.25) is 0 Å². The topological polar surface area (TPSA) is 66.4 Å². The van der Waals surface area contributed by atoms with Gasteiger partial charge in [-0.3, -0.25) is 4.79 Å². The smallest absolute Gasteiger partial charge is 0.326 e. The van der Waals surface area contributed by atoms with Crippen molar-refractivity contribution in [2.75, 3.05) is 12.0 Å². The van der Waals surface area contributed by atoms with Crippen molar-refractivity contribution >= 4 is 23.6 Å². The third-order valence-electron chi connectivity index (χ3n) is 2.70. The van der Waals surface area contributed by atoms with E-state index in [0.29, 0.717) is 6.42 Å². The highest BCUT2D eigenvalue weighted by Gasteiger charge is 2.28. The fourth-order valence-corrected chi connectivity index (χ4v) is 1.92. The number of rotatable bonds is 6. The Balaban J connectivity index is 2.35. The van der Waals surface area contributed by atoms with Gasteiger partial charge < -0.3 is 10.4 Å². The minimum atomic E-state index is -0.934. The molecule has 15 heavy (non-hydrogen) atoms. The minimum Gasteiger partial charge on any atom is -0.480 e. The monoisotopic (exact) mass is 231 g/mol. The van der Waals surface area contributed by atoms with E-state index < -0.39 is 12.0 Å². The summed E-state index contributed by atoms with van der Waals surface area (Å²) in [5.74, 6) is -0.213. The van der Waals surface area contributed by atoms with E-state index in [4.69, 9.17) is 5.11 Å². The summed E-state index contributed by atoms with van der Waals surface area (Å²) in [5, 5.41) is 11.5. The zero-order chi connectivity index (χ0) is 11.3. The molecule has 1 aliphatic carbocycles. The van der Waals surface area contributed by atoms with Crippen LogP contribution in [0, 0.1) is 5.92 Å². The predicted molar refractivity (Wildman–Crippen MR) is 59.9 cm³/mol. The number of nitrogens with one attached hydrogen (secondary N) is 1. The number of thioether (sulfide) groups is 1. The highest BCUT2D eigenvalue weighted by atomic mass is 32.2. The van der Waals surface area contributed by atoms with Crippen molar-refractivity contribution in [2.24, 2.45) is 5.92 Å². The number of hydrogen-bond acceptors (Lipinski definition) is 3. The highest BCUT2D eigenvalue weighted by molar-refractivity contribution is 7.98. The van der Waals surface area contributed by atoms with Crippen LogP contribution < -0.4 is 5.32 Å². The molecular weight excluding hydrogens is 214 g/mol. The summed E-state index contributed by atoms with van der Waals surface area (Å²) in [5.41, 5.74) is 0. The summed E-state index contributed by atoms with van der Waals surface area (Å²) in [4.78, 5) is 22.4. The van der Waals surface area contributed by atoms with Crippen molar-refractivity contribution in [3.8, 4) is 0 Å². The molecule has 1 atom stereocenters. The van der Waals surface area contributed by atoms with Gasteiger partial charge in [0.05, 0.1) is 0 Å². The summed E-state index contributed by atoms with van der Waals surface area (Å²) in [6.45, 7) is 0. The van der Waals surface area contributed by atoms with E-state index in [1.165, 1.54) is 0 Å². The molecule has 1 aliphatic rings. The summed E-state index contributed by atoms with van der Waals surface area (Å²) in [7, 11) is 0. The van der Waals surface area contributed by atoms with E-state index in [1.54, 1.807) is 11.8 Å². The maximum Gasteiger partial charge on any atom is 0.326 e. The zero-order valence-corrected chi connectivity index (χ0v) is 9.68. The highest BCUT2D eigenvalue weighted by Crippen LogP contribution is 2.26. The normalized spacial score (nSPS) is 17.9. The van der Waals surface area contributed by atoms with Crippen molar-refractivity contribution < 1.29 is 14.7 Å². The maximum atomic E-state index is 11.5. The van der Waals surface area contributed by atoms with Gasteiger partial charge >= 0.3 is 5.97 Å². The molecule has 0 aromatic carbocycles. The first-order valence-electron chi connectivity index (χ1n) is 5.17. The first-order valence-corrected chi connectivity index (χ1v) is 6.56. The molecule has 0 unspecified atom stereocenters. The van der Waals surface area contributed by atoms with E-state index >= 15 is 0 Å². The number of carboxylic acids is 1. The lowest BCUT2D eigenvalue weighted by Crippen LogP contribution is -2.45. The van der Waals surface area contributed by atoms with Crippen LogP contribution in [0.15, 0.2) is 0 Å². The van der Waals surface area contributed by atoms with E-state index in [-0.39, 0.29) is 11.8 Å². The van der Waals surface area contributed by atoms with Crippen molar-refractivity contribution in [2.45, 2.75) is 31.7 Å². The SMILES string of the molecule is CSCC[C@H](NC(=O)C1CCC1)C(=O)O. The lowest BCUT2D eigenvalue weighted by molar-refractivity contribution is -0.143. The van der Waals surface area contributed by atoms with E-state index in [9.17, 15) is 9.59 Å². The van der Waals surface area contributed by atoms with Crippen LogP contribution in [0.1, 0.15) is 25.7 Å². The molecule has 1 rings (SSSR count). The van der Waals surface area contributed by atoms with Crippen LogP contribution in [0.3, 0.4) is 0 Å². The van der Waals surface area contributed by atoms with Crippen molar-refractivity contribution in [3.63, 3.8) is 0 Å². The van der Waals surface area contributed by atoms with E-state index in [2.05, 4.69) is 5.32 Å². The van der Waals surface area contributed by atoms with E-state index in [1.807, 2.05) is 6.26 Å². The van der Waals surface area contributed by atoms with Crippen LogP contribution in [0.4, 0.5) is 0 Å². The summed E-state index contributed by atoms with van der Waals surface area (Å²) >= 11 is 1.59. The Morgan fingerprint density at radius 1 is 1.53 bits per heavy atom. The molecule has 1 amide bonds. The lowest BCUT2D eigenvalue weighted by atomic mass is 9.84. The van der Waals surface area contributed by atoms with Crippen LogP contribution >= 0.6 is 11.8 Å². The molecule has 0 bridgehead atoms. The lowest BCUT2D eigenvalue weighted by Gasteiger charge is -2.26. The molecule has 0 aliphatic heterocycles. The second-order valence-electron chi connectivity index (χ2n) is 3.81. The number of hydrogen-bond donors (Lipinski definition) is 2. The molecular formula is C10H17NO3S. The molecule has 0 aromatic heterocycles. The fraction of sp³-hybridized carbons (Fsp3) is 0.800. The third-order valence-corrected chi connectivity index (χ3v) is 3.35. The van der Waals surface area contributed by atoms with Crippen LogP contribution in [0.25, 0.3) is 0 Å². The fourth-order valence-electron chi connectivity index (χ4n) is 1.45. The standard InChI is InChI=1S/C10H17NO3S/c1-15-6-5-8(10(13)14)11-9(12)7-3-2-4-7/h7-8H,2-6H2,1H3,(H,11,12)(H,13,14)/t8-/m0/s1. The molecule has 0 heterocycles. The summed E-state index contributed by atoms with van der Waals surface area (Å²) in [6, 6.07) is -0.717. The third kappa shape index (κ3) is 3.74.